The SMILES string of the molecule is CCC(O)C(C)(CC)CN. The summed E-state index contributed by atoms with van der Waals surface area (Å²) in [7, 11) is 0. The molecule has 0 saturated heterocycles. The first-order chi connectivity index (χ1) is 4.60. The smallest absolute Gasteiger partial charge is 0.0603 e. The van der Waals surface area contributed by atoms with E-state index in [2.05, 4.69) is 6.92 Å². The molecule has 0 saturated carbocycles. The van der Waals surface area contributed by atoms with E-state index < -0.39 is 0 Å². The number of hydrogen-bond acceptors (Lipinski definition) is 2. The van der Waals surface area contributed by atoms with Gasteiger partial charge in [0, 0.05) is 12.0 Å². The molecule has 0 radical (unpaired) electrons. The Morgan fingerprint density at radius 2 is 2.00 bits per heavy atom. The second-order valence-corrected chi connectivity index (χ2v) is 3.14. The standard InChI is InChI=1S/C8H19NO/c1-4-7(10)8(3,5-2)6-9/h7,10H,4-6,9H2,1-3H3. The highest BCUT2D eigenvalue weighted by Gasteiger charge is 2.27. The van der Waals surface area contributed by atoms with Gasteiger partial charge in [0.2, 0.25) is 0 Å². The van der Waals surface area contributed by atoms with Gasteiger partial charge in [-0.15, -0.1) is 0 Å². The predicted octanol–water partition coefficient (Wildman–Crippen LogP) is 1.13. The third-order valence-corrected chi connectivity index (χ3v) is 2.47. The van der Waals surface area contributed by atoms with Gasteiger partial charge in [-0.3, -0.25) is 0 Å². The van der Waals surface area contributed by atoms with Crippen molar-refractivity contribution in [2.24, 2.45) is 11.1 Å². The van der Waals surface area contributed by atoms with Crippen LogP contribution < -0.4 is 5.73 Å². The van der Waals surface area contributed by atoms with Crippen LogP contribution in [0.2, 0.25) is 0 Å². The van der Waals surface area contributed by atoms with Crippen molar-refractivity contribution in [3.63, 3.8) is 0 Å². The van der Waals surface area contributed by atoms with E-state index in [1.165, 1.54) is 0 Å². The first kappa shape index (κ1) is 9.92. The molecule has 0 fully saturated rings. The molecule has 0 aromatic carbocycles. The maximum Gasteiger partial charge on any atom is 0.0603 e. The number of hydrogen-bond donors (Lipinski definition) is 2. The van der Waals surface area contributed by atoms with Crippen molar-refractivity contribution in [3.8, 4) is 0 Å². The van der Waals surface area contributed by atoms with Gasteiger partial charge in [-0.25, -0.2) is 0 Å². The van der Waals surface area contributed by atoms with Crippen LogP contribution in [0, 0.1) is 5.41 Å². The van der Waals surface area contributed by atoms with Crippen LogP contribution in [-0.4, -0.2) is 17.8 Å². The van der Waals surface area contributed by atoms with Crippen LogP contribution in [0.3, 0.4) is 0 Å². The average molecular weight is 145 g/mol. The fourth-order valence-electron chi connectivity index (χ4n) is 1.01. The summed E-state index contributed by atoms with van der Waals surface area (Å²) in [6, 6.07) is 0. The lowest BCUT2D eigenvalue weighted by atomic mass is 9.80. The highest BCUT2D eigenvalue weighted by atomic mass is 16.3. The van der Waals surface area contributed by atoms with Crippen molar-refractivity contribution < 1.29 is 5.11 Å². The molecule has 0 spiro atoms. The van der Waals surface area contributed by atoms with Crippen LogP contribution in [0.25, 0.3) is 0 Å². The van der Waals surface area contributed by atoms with Gasteiger partial charge in [0.05, 0.1) is 6.10 Å². The summed E-state index contributed by atoms with van der Waals surface area (Å²) in [5.74, 6) is 0. The Bertz CT molecular complexity index is 89.3. The summed E-state index contributed by atoms with van der Waals surface area (Å²) < 4.78 is 0. The summed E-state index contributed by atoms with van der Waals surface area (Å²) in [4.78, 5) is 0. The van der Waals surface area contributed by atoms with Crippen molar-refractivity contribution >= 4 is 0 Å². The molecule has 0 rings (SSSR count). The molecule has 2 heteroatoms. The summed E-state index contributed by atoms with van der Waals surface area (Å²) in [6.45, 7) is 6.64. The number of nitrogens with two attached hydrogens (primary N) is 1. The minimum Gasteiger partial charge on any atom is -0.393 e. The topological polar surface area (TPSA) is 46.2 Å². The van der Waals surface area contributed by atoms with Crippen LogP contribution in [0.4, 0.5) is 0 Å². The highest BCUT2D eigenvalue weighted by molar-refractivity contribution is 4.80. The van der Waals surface area contributed by atoms with Crippen molar-refractivity contribution in [2.75, 3.05) is 6.54 Å². The number of aliphatic hydroxyl groups excluding tert-OH is 1. The molecule has 0 aromatic rings. The molecule has 3 N–H and O–H groups in total. The van der Waals surface area contributed by atoms with Gasteiger partial charge in [-0.2, -0.15) is 0 Å². The average Bonchev–Trinajstić information content (AvgIpc) is 2.01. The quantitative estimate of drug-likeness (QED) is 0.623. The maximum atomic E-state index is 9.50. The fraction of sp³-hybridized carbons (Fsp3) is 1.00. The summed E-state index contributed by atoms with van der Waals surface area (Å²) >= 11 is 0. The molecule has 2 nitrogen and oxygen atoms in total. The number of rotatable bonds is 4. The fourth-order valence-corrected chi connectivity index (χ4v) is 1.01. The first-order valence-corrected chi connectivity index (χ1v) is 3.98. The molecule has 62 valence electrons. The number of aliphatic hydroxyl groups is 1. The molecular formula is C8H19NO. The van der Waals surface area contributed by atoms with Gasteiger partial charge in [0.25, 0.3) is 0 Å². The van der Waals surface area contributed by atoms with E-state index in [1.807, 2.05) is 13.8 Å². The summed E-state index contributed by atoms with van der Waals surface area (Å²) in [6.07, 6.45) is 1.49. The molecule has 0 aliphatic heterocycles. The molecule has 0 aliphatic rings. The maximum absolute atomic E-state index is 9.50. The van der Waals surface area contributed by atoms with E-state index in [0.717, 1.165) is 12.8 Å². The minimum absolute atomic E-state index is 0.0747. The Balaban J connectivity index is 4.02. The van der Waals surface area contributed by atoms with Crippen LogP contribution in [0.1, 0.15) is 33.6 Å². The molecule has 0 aromatic heterocycles. The lowest BCUT2D eigenvalue weighted by molar-refractivity contribution is 0.0375. The minimum atomic E-state index is -0.248. The van der Waals surface area contributed by atoms with Crippen LogP contribution >= 0.6 is 0 Å². The Kier molecular flexibility index (Phi) is 3.91. The van der Waals surface area contributed by atoms with E-state index in [9.17, 15) is 5.11 Å². The normalized spacial score (nSPS) is 20.1. The molecule has 0 bridgehead atoms. The van der Waals surface area contributed by atoms with Gasteiger partial charge >= 0.3 is 0 Å². The van der Waals surface area contributed by atoms with Gasteiger partial charge in [-0.05, 0) is 12.8 Å². The van der Waals surface area contributed by atoms with Crippen LogP contribution in [-0.2, 0) is 0 Å². The first-order valence-electron chi connectivity index (χ1n) is 3.98. The van der Waals surface area contributed by atoms with Crippen LogP contribution in [0.5, 0.6) is 0 Å². The lowest BCUT2D eigenvalue weighted by Crippen LogP contribution is -2.38. The molecule has 0 heterocycles. The van der Waals surface area contributed by atoms with Gasteiger partial charge < -0.3 is 10.8 Å². The van der Waals surface area contributed by atoms with E-state index in [1.54, 1.807) is 0 Å². The Morgan fingerprint density at radius 3 is 2.10 bits per heavy atom. The van der Waals surface area contributed by atoms with Crippen molar-refractivity contribution in [2.45, 2.75) is 39.7 Å². The molecule has 10 heavy (non-hydrogen) atoms. The zero-order chi connectivity index (χ0) is 8.20. The van der Waals surface area contributed by atoms with E-state index in [4.69, 9.17) is 5.73 Å². The molecule has 0 amide bonds. The van der Waals surface area contributed by atoms with Gasteiger partial charge in [0.15, 0.2) is 0 Å². The largest absolute Gasteiger partial charge is 0.393 e. The second kappa shape index (κ2) is 3.94. The molecule has 2 atom stereocenters. The monoisotopic (exact) mass is 145 g/mol. The van der Waals surface area contributed by atoms with E-state index in [-0.39, 0.29) is 11.5 Å². The highest BCUT2D eigenvalue weighted by Crippen LogP contribution is 2.25. The van der Waals surface area contributed by atoms with Crippen molar-refractivity contribution in [3.05, 3.63) is 0 Å². The Labute approximate surface area is 63.4 Å². The van der Waals surface area contributed by atoms with Gasteiger partial charge in [0.1, 0.15) is 0 Å². The molecule has 2 unspecified atom stereocenters. The van der Waals surface area contributed by atoms with Crippen LogP contribution in [0.15, 0.2) is 0 Å². The third kappa shape index (κ3) is 1.96. The molecule has 0 aliphatic carbocycles. The lowest BCUT2D eigenvalue weighted by Gasteiger charge is -2.31. The Morgan fingerprint density at radius 1 is 1.50 bits per heavy atom. The Hall–Kier alpha value is -0.0800. The zero-order valence-electron chi connectivity index (χ0n) is 7.22. The van der Waals surface area contributed by atoms with Gasteiger partial charge in [-0.1, -0.05) is 20.8 Å². The second-order valence-electron chi connectivity index (χ2n) is 3.14. The van der Waals surface area contributed by atoms with E-state index in [0.29, 0.717) is 6.54 Å². The summed E-state index contributed by atoms with van der Waals surface area (Å²) in [5, 5.41) is 9.50. The van der Waals surface area contributed by atoms with Crippen molar-refractivity contribution in [1.82, 2.24) is 0 Å². The molecular weight excluding hydrogens is 126 g/mol. The summed E-state index contributed by atoms with van der Waals surface area (Å²) in [5.41, 5.74) is 5.46. The zero-order valence-corrected chi connectivity index (χ0v) is 7.22. The van der Waals surface area contributed by atoms with Crippen molar-refractivity contribution in [1.29, 1.82) is 0 Å². The third-order valence-electron chi connectivity index (χ3n) is 2.47. The predicted molar refractivity (Wildman–Crippen MR) is 43.8 cm³/mol. The van der Waals surface area contributed by atoms with E-state index >= 15 is 0 Å².